The molecule has 0 saturated heterocycles. The van der Waals surface area contributed by atoms with E-state index >= 15 is 0 Å². The van der Waals surface area contributed by atoms with E-state index in [0.717, 1.165) is 11.3 Å². The van der Waals surface area contributed by atoms with Crippen molar-refractivity contribution in [1.29, 1.82) is 0 Å². The number of nitro benzene ring substituents is 1. The lowest BCUT2D eigenvalue weighted by Gasteiger charge is -2.10. The highest BCUT2D eigenvalue weighted by Gasteiger charge is 2.14. The van der Waals surface area contributed by atoms with E-state index in [4.69, 9.17) is 11.6 Å². The second-order valence-corrected chi connectivity index (χ2v) is 3.98. The number of nitrogens with one attached hydrogen (secondary N) is 1. The molecule has 17 heavy (non-hydrogen) atoms. The molecule has 5 nitrogen and oxygen atoms in total. The predicted molar refractivity (Wildman–Crippen MR) is 66.3 cm³/mol. The molecule has 0 aliphatic carbocycles. The number of hydrogen-bond acceptors (Lipinski definition) is 3. The Balaban J connectivity index is 2.36. The van der Waals surface area contributed by atoms with Gasteiger partial charge < -0.3 is 0 Å². The summed E-state index contributed by atoms with van der Waals surface area (Å²) in [6, 6.07) is 6.74. The molecule has 0 bridgehead atoms. The number of nitro groups is 1. The monoisotopic (exact) mass is 251 g/mol. The Morgan fingerprint density at radius 2 is 2.00 bits per heavy atom. The Kier molecular flexibility index (Phi) is 3.01. The van der Waals surface area contributed by atoms with Crippen LogP contribution < -0.4 is 5.43 Å². The molecule has 0 radical (unpaired) electrons. The molecule has 0 spiro atoms. The van der Waals surface area contributed by atoms with E-state index in [9.17, 15) is 10.1 Å². The van der Waals surface area contributed by atoms with Gasteiger partial charge in [0.2, 0.25) is 0 Å². The van der Waals surface area contributed by atoms with Gasteiger partial charge in [-0.3, -0.25) is 20.2 Å². The number of aromatic nitrogens is 1. The van der Waals surface area contributed by atoms with E-state index in [1.54, 1.807) is 17.7 Å². The zero-order valence-electron chi connectivity index (χ0n) is 9.05. The molecule has 6 heteroatoms. The standard InChI is InChI=1S/C11H10ClN3O2/c1-8-6-11(15(16)17)9(12)7-10(8)13-14-4-2-3-5-14/h2-7,13H,1H3. The first-order valence-electron chi connectivity index (χ1n) is 4.92. The molecule has 0 atom stereocenters. The van der Waals surface area contributed by atoms with Crippen molar-refractivity contribution < 1.29 is 4.92 Å². The molecule has 1 heterocycles. The van der Waals surface area contributed by atoms with Crippen molar-refractivity contribution in [2.75, 3.05) is 5.43 Å². The van der Waals surface area contributed by atoms with Crippen LogP contribution in [-0.4, -0.2) is 9.60 Å². The number of anilines is 1. The minimum Gasteiger partial charge on any atom is -0.295 e. The predicted octanol–water partition coefficient (Wildman–Crippen LogP) is 3.23. The fourth-order valence-corrected chi connectivity index (χ4v) is 1.71. The van der Waals surface area contributed by atoms with Crippen LogP contribution in [0.15, 0.2) is 36.7 Å². The molecule has 2 aromatic rings. The molecule has 0 saturated carbocycles. The van der Waals surface area contributed by atoms with Gasteiger partial charge in [0.25, 0.3) is 5.69 Å². The van der Waals surface area contributed by atoms with Gasteiger partial charge in [-0.1, -0.05) is 11.6 Å². The summed E-state index contributed by atoms with van der Waals surface area (Å²) in [4.78, 5) is 10.2. The van der Waals surface area contributed by atoms with Gasteiger partial charge in [-0.05, 0) is 30.7 Å². The van der Waals surface area contributed by atoms with Crippen molar-refractivity contribution in [2.24, 2.45) is 0 Å². The average Bonchev–Trinajstić information content (AvgIpc) is 2.75. The number of halogens is 1. The maximum atomic E-state index is 10.7. The lowest BCUT2D eigenvalue weighted by molar-refractivity contribution is -0.384. The summed E-state index contributed by atoms with van der Waals surface area (Å²) in [5.41, 5.74) is 4.48. The first kappa shape index (κ1) is 11.5. The molecule has 88 valence electrons. The maximum Gasteiger partial charge on any atom is 0.288 e. The highest BCUT2D eigenvalue weighted by molar-refractivity contribution is 6.33. The van der Waals surface area contributed by atoms with Gasteiger partial charge in [0.15, 0.2) is 0 Å². The summed E-state index contributed by atoms with van der Waals surface area (Å²) < 4.78 is 1.74. The third kappa shape index (κ3) is 2.39. The minimum absolute atomic E-state index is 0.0813. The summed E-state index contributed by atoms with van der Waals surface area (Å²) in [6.07, 6.45) is 3.66. The molecular formula is C11H10ClN3O2. The van der Waals surface area contributed by atoms with Crippen molar-refractivity contribution in [2.45, 2.75) is 6.92 Å². The van der Waals surface area contributed by atoms with E-state index in [1.165, 1.54) is 6.07 Å². The molecular weight excluding hydrogens is 242 g/mol. The molecule has 0 aliphatic rings. The van der Waals surface area contributed by atoms with Crippen LogP contribution in [-0.2, 0) is 0 Å². The first-order chi connectivity index (χ1) is 8.08. The zero-order chi connectivity index (χ0) is 12.4. The van der Waals surface area contributed by atoms with E-state index in [-0.39, 0.29) is 10.7 Å². The number of rotatable bonds is 3. The summed E-state index contributed by atoms with van der Waals surface area (Å²) in [5, 5.41) is 10.8. The Labute approximate surface area is 103 Å². The van der Waals surface area contributed by atoms with Crippen LogP contribution >= 0.6 is 11.6 Å². The lowest BCUT2D eigenvalue weighted by Crippen LogP contribution is -2.07. The SMILES string of the molecule is Cc1cc([N+](=O)[O-])c(Cl)cc1Nn1cccc1. The highest BCUT2D eigenvalue weighted by Crippen LogP contribution is 2.30. The first-order valence-corrected chi connectivity index (χ1v) is 5.30. The summed E-state index contributed by atoms with van der Waals surface area (Å²) in [7, 11) is 0. The van der Waals surface area contributed by atoms with Crippen LogP contribution in [0.1, 0.15) is 5.56 Å². The largest absolute Gasteiger partial charge is 0.295 e. The van der Waals surface area contributed by atoms with E-state index in [2.05, 4.69) is 5.43 Å². The third-order valence-corrected chi connectivity index (χ3v) is 2.65. The van der Waals surface area contributed by atoms with Gasteiger partial charge in [-0.15, -0.1) is 0 Å². The minimum atomic E-state index is -0.491. The highest BCUT2D eigenvalue weighted by atomic mass is 35.5. The second-order valence-electron chi connectivity index (χ2n) is 3.58. The van der Waals surface area contributed by atoms with Crippen molar-refractivity contribution in [3.05, 3.63) is 57.4 Å². The number of aryl methyl sites for hydroxylation is 1. The van der Waals surface area contributed by atoms with Crippen LogP contribution in [0, 0.1) is 17.0 Å². The van der Waals surface area contributed by atoms with Gasteiger partial charge in [0.05, 0.1) is 10.6 Å². The van der Waals surface area contributed by atoms with Gasteiger partial charge in [0.1, 0.15) is 5.02 Å². The molecule has 0 aliphatic heterocycles. The van der Waals surface area contributed by atoms with E-state index in [1.807, 2.05) is 24.5 Å². The Morgan fingerprint density at radius 1 is 1.35 bits per heavy atom. The molecule has 0 fully saturated rings. The lowest BCUT2D eigenvalue weighted by atomic mass is 10.2. The molecule has 0 amide bonds. The number of hydrogen-bond donors (Lipinski definition) is 1. The maximum absolute atomic E-state index is 10.7. The van der Waals surface area contributed by atoms with Gasteiger partial charge in [-0.25, -0.2) is 0 Å². The Hall–Kier alpha value is -2.01. The summed E-state index contributed by atoms with van der Waals surface area (Å²) in [5.74, 6) is 0. The smallest absolute Gasteiger partial charge is 0.288 e. The van der Waals surface area contributed by atoms with Gasteiger partial charge >= 0.3 is 0 Å². The van der Waals surface area contributed by atoms with Crippen LogP contribution in [0.5, 0.6) is 0 Å². The fourth-order valence-electron chi connectivity index (χ4n) is 1.47. The van der Waals surface area contributed by atoms with Crippen molar-refractivity contribution in [1.82, 2.24) is 4.68 Å². The van der Waals surface area contributed by atoms with Crippen molar-refractivity contribution >= 4 is 23.0 Å². The fraction of sp³-hybridized carbons (Fsp3) is 0.0909. The average molecular weight is 252 g/mol. The van der Waals surface area contributed by atoms with Crippen molar-refractivity contribution in [3.63, 3.8) is 0 Å². The Bertz CT molecular complexity index is 552. The van der Waals surface area contributed by atoms with Crippen LogP contribution in [0.25, 0.3) is 0 Å². The molecule has 0 unspecified atom stereocenters. The van der Waals surface area contributed by atoms with E-state index < -0.39 is 4.92 Å². The van der Waals surface area contributed by atoms with Gasteiger partial charge in [0, 0.05) is 18.5 Å². The number of nitrogens with zero attached hydrogens (tertiary/aromatic N) is 2. The van der Waals surface area contributed by atoms with Gasteiger partial charge in [-0.2, -0.15) is 0 Å². The number of benzene rings is 1. The zero-order valence-corrected chi connectivity index (χ0v) is 9.81. The second kappa shape index (κ2) is 4.47. The molecule has 2 rings (SSSR count). The van der Waals surface area contributed by atoms with Crippen LogP contribution in [0.3, 0.4) is 0 Å². The van der Waals surface area contributed by atoms with Crippen LogP contribution in [0.2, 0.25) is 5.02 Å². The van der Waals surface area contributed by atoms with Crippen molar-refractivity contribution in [3.8, 4) is 0 Å². The quantitative estimate of drug-likeness (QED) is 0.673. The topological polar surface area (TPSA) is 60.1 Å². The summed E-state index contributed by atoms with van der Waals surface area (Å²) >= 11 is 5.85. The normalized spacial score (nSPS) is 10.2. The summed E-state index contributed by atoms with van der Waals surface area (Å²) in [6.45, 7) is 1.79. The molecule has 1 N–H and O–H groups in total. The Morgan fingerprint density at radius 3 is 2.59 bits per heavy atom. The van der Waals surface area contributed by atoms with E-state index in [0.29, 0.717) is 0 Å². The molecule has 1 aromatic carbocycles. The molecule has 1 aromatic heterocycles. The van der Waals surface area contributed by atoms with Crippen LogP contribution in [0.4, 0.5) is 11.4 Å². The third-order valence-electron chi connectivity index (χ3n) is 2.34.